The van der Waals surface area contributed by atoms with Gasteiger partial charge in [-0.25, -0.2) is 0 Å². The van der Waals surface area contributed by atoms with Crippen LogP contribution in [-0.4, -0.2) is 20.2 Å². The fourth-order valence-corrected chi connectivity index (χ4v) is 5.22. The zero-order valence-electron chi connectivity index (χ0n) is 14.2. The van der Waals surface area contributed by atoms with Crippen LogP contribution in [-0.2, 0) is 9.22 Å². The normalized spacial score (nSPS) is 34.6. The monoisotopic (exact) mass is 296 g/mol. The van der Waals surface area contributed by atoms with E-state index in [1.807, 2.05) is 0 Å². The first-order chi connectivity index (χ1) is 9.11. The number of carbonyl (C=O) groups excluding carboxylic acids is 1. The van der Waals surface area contributed by atoms with Crippen molar-refractivity contribution in [1.82, 2.24) is 0 Å². The number of hydrogen-bond donors (Lipinski definition) is 0. The van der Waals surface area contributed by atoms with Crippen molar-refractivity contribution in [2.75, 3.05) is 0 Å². The van der Waals surface area contributed by atoms with Crippen LogP contribution < -0.4 is 0 Å². The molecule has 0 N–H and O–H groups in total. The van der Waals surface area contributed by atoms with E-state index in [-0.39, 0.29) is 10.5 Å². The largest absolute Gasteiger partial charge is 0.413 e. The van der Waals surface area contributed by atoms with Crippen molar-refractivity contribution in [2.24, 2.45) is 11.3 Å². The first kappa shape index (κ1) is 16.2. The van der Waals surface area contributed by atoms with Crippen LogP contribution in [0.2, 0.25) is 18.1 Å². The predicted molar refractivity (Wildman–Crippen MR) is 86.4 cm³/mol. The summed E-state index contributed by atoms with van der Waals surface area (Å²) >= 11 is 0. The summed E-state index contributed by atoms with van der Waals surface area (Å²) in [5.41, 5.74) is 0.163. The predicted octanol–water partition coefficient (Wildman–Crippen LogP) is 4.94. The third kappa shape index (κ3) is 2.76. The van der Waals surface area contributed by atoms with Crippen LogP contribution in [0.15, 0.2) is 0 Å². The number of fused-ring (bicyclic) bond motifs is 3. The molecule has 0 spiro atoms. The van der Waals surface area contributed by atoms with Crippen LogP contribution in [0.1, 0.15) is 66.2 Å². The zero-order valence-corrected chi connectivity index (χ0v) is 15.2. The molecule has 0 heterocycles. The van der Waals surface area contributed by atoms with E-state index in [0.29, 0.717) is 17.8 Å². The topological polar surface area (TPSA) is 26.3 Å². The molecule has 3 aliphatic carbocycles. The number of rotatable bonds is 4. The van der Waals surface area contributed by atoms with Gasteiger partial charge < -0.3 is 4.43 Å². The van der Waals surface area contributed by atoms with E-state index >= 15 is 0 Å². The number of hydrogen-bond acceptors (Lipinski definition) is 2. The molecule has 3 heteroatoms. The molecular formula is C17H32O2Si. The summed E-state index contributed by atoms with van der Waals surface area (Å²) in [5, 5.41) is 0.251. The van der Waals surface area contributed by atoms with Gasteiger partial charge in [-0.2, -0.15) is 0 Å². The lowest BCUT2D eigenvalue weighted by Gasteiger charge is -2.54. The first-order valence-corrected chi connectivity index (χ1v) is 11.2. The summed E-state index contributed by atoms with van der Waals surface area (Å²) in [7, 11) is -1.74. The van der Waals surface area contributed by atoms with Crippen molar-refractivity contribution in [2.45, 2.75) is 90.5 Å². The van der Waals surface area contributed by atoms with Crippen molar-refractivity contribution >= 4 is 14.1 Å². The molecule has 0 aliphatic heterocycles. The highest BCUT2D eigenvalue weighted by Gasteiger charge is 2.54. The Morgan fingerprint density at radius 2 is 2.00 bits per heavy atom. The van der Waals surface area contributed by atoms with E-state index < -0.39 is 8.32 Å². The van der Waals surface area contributed by atoms with Crippen molar-refractivity contribution < 1.29 is 9.22 Å². The molecule has 3 saturated carbocycles. The van der Waals surface area contributed by atoms with E-state index in [0.717, 1.165) is 32.1 Å². The van der Waals surface area contributed by atoms with Crippen LogP contribution in [0.25, 0.3) is 0 Å². The minimum Gasteiger partial charge on any atom is -0.413 e. The second-order valence-electron chi connectivity index (χ2n) is 8.59. The van der Waals surface area contributed by atoms with E-state index in [4.69, 9.17) is 4.43 Å². The molecule has 3 aliphatic rings. The SMILES string of the molecule is CCCC12CCC(CC1O[Si](C)(C)C(C)(C)C)C(=O)C2. The Bertz CT molecular complexity index is 379. The van der Waals surface area contributed by atoms with Crippen LogP contribution in [0.5, 0.6) is 0 Å². The fraction of sp³-hybridized carbons (Fsp3) is 0.941. The lowest BCUT2D eigenvalue weighted by molar-refractivity contribution is -0.145. The average Bonchev–Trinajstić information content (AvgIpc) is 2.29. The van der Waals surface area contributed by atoms with Crippen LogP contribution in [0.3, 0.4) is 0 Å². The minimum atomic E-state index is -1.74. The highest BCUT2D eigenvalue weighted by molar-refractivity contribution is 6.74. The zero-order chi connectivity index (χ0) is 15.2. The van der Waals surface area contributed by atoms with Crippen LogP contribution >= 0.6 is 0 Å². The third-order valence-electron chi connectivity index (χ3n) is 6.14. The highest BCUT2D eigenvalue weighted by atomic mass is 28.4. The molecule has 116 valence electrons. The highest BCUT2D eigenvalue weighted by Crippen LogP contribution is 2.54. The van der Waals surface area contributed by atoms with Crippen molar-refractivity contribution in [3.05, 3.63) is 0 Å². The molecule has 0 saturated heterocycles. The molecule has 2 bridgehead atoms. The minimum absolute atomic E-state index is 0.163. The van der Waals surface area contributed by atoms with Gasteiger partial charge in [-0.05, 0) is 43.8 Å². The lowest BCUT2D eigenvalue weighted by atomic mass is 9.57. The molecule has 0 aromatic carbocycles. The average molecular weight is 297 g/mol. The Morgan fingerprint density at radius 1 is 1.35 bits per heavy atom. The van der Waals surface area contributed by atoms with E-state index in [1.54, 1.807) is 0 Å². The van der Waals surface area contributed by atoms with E-state index in [2.05, 4.69) is 40.8 Å². The maximum absolute atomic E-state index is 12.2. The van der Waals surface area contributed by atoms with Gasteiger partial charge in [0.2, 0.25) is 0 Å². The van der Waals surface area contributed by atoms with E-state index in [1.165, 1.54) is 6.42 Å². The number of Topliss-reactive ketones (excluding diaryl/α,β-unsaturated/α-hetero) is 1. The molecule has 0 aromatic rings. The second-order valence-corrected chi connectivity index (χ2v) is 13.3. The maximum atomic E-state index is 12.2. The Hall–Kier alpha value is -0.153. The molecule has 3 atom stereocenters. The summed E-state index contributed by atoms with van der Waals surface area (Å²) in [6.07, 6.45) is 6.74. The standard InChI is InChI=1S/C17H32O2Si/c1-7-9-17-10-8-13(14(18)12-17)11-15(17)19-20(5,6)16(2,3)4/h13,15H,7-12H2,1-6H3. The summed E-state index contributed by atoms with van der Waals surface area (Å²) in [4.78, 5) is 12.2. The van der Waals surface area contributed by atoms with Gasteiger partial charge in [0.15, 0.2) is 8.32 Å². The van der Waals surface area contributed by atoms with Gasteiger partial charge in [0.25, 0.3) is 0 Å². The molecule has 2 nitrogen and oxygen atoms in total. The van der Waals surface area contributed by atoms with Gasteiger partial charge in [0, 0.05) is 17.8 Å². The molecule has 20 heavy (non-hydrogen) atoms. The maximum Gasteiger partial charge on any atom is 0.192 e. The second kappa shape index (κ2) is 5.24. The van der Waals surface area contributed by atoms with Crippen molar-refractivity contribution in [3.63, 3.8) is 0 Å². The van der Waals surface area contributed by atoms with Gasteiger partial charge in [-0.15, -0.1) is 0 Å². The molecule has 0 radical (unpaired) electrons. The summed E-state index contributed by atoms with van der Waals surface area (Å²) in [5.74, 6) is 0.809. The molecule has 0 aromatic heterocycles. The smallest absolute Gasteiger partial charge is 0.192 e. The summed E-state index contributed by atoms with van der Waals surface area (Å²) in [6.45, 7) is 13.8. The first-order valence-electron chi connectivity index (χ1n) is 8.32. The number of ketones is 1. The molecule has 3 fully saturated rings. The summed E-state index contributed by atoms with van der Waals surface area (Å²) in [6, 6.07) is 0. The Kier molecular flexibility index (Phi) is 4.25. The van der Waals surface area contributed by atoms with Gasteiger partial charge >= 0.3 is 0 Å². The molecule has 0 amide bonds. The van der Waals surface area contributed by atoms with Crippen molar-refractivity contribution in [1.29, 1.82) is 0 Å². The molecule has 3 unspecified atom stereocenters. The third-order valence-corrected chi connectivity index (χ3v) is 10.6. The number of carbonyl (C=O) groups is 1. The van der Waals surface area contributed by atoms with Gasteiger partial charge in [-0.3, -0.25) is 4.79 Å². The Morgan fingerprint density at radius 3 is 2.50 bits per heavy atom. The van der Waals surface area contributed by atoms with Crippen LogP contribution in [0.4, 0.5) is 0 Å². The molecule has 3 rings (SSSR count). The van der Waals surface area contributed by atoms with Crippen molar-refractivity contribution in [3.8, 4) is 0 Å². The van der Waals surface area contributed by atoms with Gasteiger partial charge in [0.05, 0.1) is 6.10 Å². The van der Waals surface area contributed by atoms with E-state index in [9.17, 15) is 4.79 Å². The summed E-state index contributed by atoms with van der Waals surface area (Å²) < 4.78 is 6.77. The lowest BCUT2D eigenvalue weighted by Crippen LogP contribution is -2.56. The quantitative estimate of drug-likeness (QED) is 0.687. The Labute approximate surface area is 125 Å². The fourth-order valence-electron chi connectivity index (χ4n) is 3.81. The van der Waals surface area contributed by atoms with Crippen LogP contribution in [0, 0.1) is 11.3 Å². The van der Waals surface area contributed by atoms with Gasteiger partial charge in [0.1, 0.15) is 5.78 Å². The molecular weight excluding hydrogens is 264 g/mol. The Balaban J connectivity index is 2.21. The van der Waals surface area contributed by atoms with Gasteiger partial charge in [-0.1, -0.05) is 34.1 Å².